The van der Waals surface area contributed by atoms with Crippen LogP contribution in [0.5, 0.6) is 0 Å². The fraction of sp³-hybridized carbons (Fsp3) is 0.231. The quantitative estimate of drug-likeness (QED) is 0.673. The van der Waals surface area contributed by atoms with Gasteiger partial charge in [0, 0.05) is 23.0 Å². The molecule has 1 aliphatic carbocycles. The number of rotatable bonds is 4. The van der Waals surface area contributed by atoms with Crippen molar-refractivity contribution in [1.82, 2.24) is 0 Å². The Balaban J connectivity index is 2.61. The van der Waals surface area contributed by atoms with Crippen LogP contribution < -0.4 is 0 Å². The van der Waals surface area contributed by atoms with Gasteiger partial charge in [-0.1, -0.05) is 6.07 Å². The smallest absolute Gasteiger partial charge is 0.281 e. The minimum absolute atomic E-state index is 0.0649. The van der Waals surface area contributed by atoms with Gasteiger partial charge in [0.25, 0.3) is 5.69 Å². The van der Waals surface area contributed by atoms with E-state index in [1.807, 2.05) is 0 Å². The van der Waals surface area contributed by atoms with Crippen molar-refractivity contribution in [3.05, 3.63) is 49.9 Å². The molecule has 20 heavy (non-hydrogen) atoms. The number of fused-ring (bicyclic) bond motifs is 1. The van der Waals surface area contributed by atoms with E-state index in [2.05, 4.69) is 0 Å². The lowest BCUT2D eigenvalue weighted by Gasteiger charge is -2.18. The Morgan fingerprint density at radius 2 is 2.00 bits per heavy atom. The van der Waals surface area contributed by atoms with Crippen molar-refractivity contribution in [3.63, 3.8) is 0 Å². The van der Waals surface area contributed by atoms with E-state index in [0.29, 0.717) is 0 Å². The number of thioether (sulfide) groups is 1. The molecule has 0 aromatic heterocycles. The van der Waals surface area contributed by atoms with Crippen molar-refractivity contribution in [3.8, 4) is 0 Å². The van der Waals surface area contributed by atoms with Gasteiger partial charge in [-0.2, -0.15) is 0 Å². The first-order valence-electron chi connectivity index (χ1n) is 5.80. The van der Waals surface area contributed by atoms with Crippen molar-refractivity contribution in [2.75, 3.05) is 12.4 Å². The van der Waals surface area contributed by atoms with Crippen LogP contribution in [0.15, 0.2) is 28.7 Å². The minimum atomic E-state index is -0.668. The minimum Gasteiger partial charge on any atom is -0.396 e. The van der Waals surface area contributed by atoms with E-state index in [9.17, 15) is 19.7 Å². The third-order valence-electron chi connectivity index (χ3n) is 2.94. The van der Waals surface area contributed by atoms with Gasteiger partial charge in [0.2, 0.25) is 5.78 Å². The van der Waals surface area contributed by atoms with Crippen LogP contribution in [0.4, 0.5) is 5.69 Å². The molecule has 0 atom stereocenters. The average molecular weight is 293 g/mol. The number of Topliss-reactive ketones (excluding diaryl/α,β-unsaturated/α-hetero) is 2. The van der Waals surface area contributed by atoms with E-state index in [1.54, 1.807) is 0 Å². The molecule has 104 valence electrons. The van der Waals surface area contributed by atoms with Crippen LogP contribution in [-0.2, 0) is 0 Å². The van der Waals surface area contributed by atoms with Crippen molar-refractivity contribution < 1.29 is 19.6 Å². The molecule has 6 nitrogen and oxygen atoms in total. The first kappa shape index (κ1) is 14.4. The molecule has 0 heterocycles. The van der Waals surface area contributed by atoms with Crippen molar-refractivity contribution in [2.45, 2.75) is 6.92 Å². The summed E-state index contributed by atoms with van der Waals surface area (Å²) in [6.45, 7) is 1.37. The predicted octanol–water partition coefficient (Wildman–Crippen LogP) is 1.97. The van der Waals surface area contributed by atoms with Crippen LogP contribution in [0.25, 0.3) is 0 Å². The Morgan fingerprint density at radius 1 is 1.30 bits per heavy atom. The molecule has 1 N–H and O–H groups in total. The van der Waals surface area contributed by atoms with E-state index in [4.69, 9.17) is 5.11 Å². The highest BCUT2D eigenvalue weighted by molar-refractivity contribution is 8.04. The maximum Gasteiger partial charge on any atom is 0.281 e. The normalized spacial score (nSPS) is 14.5. The second-order valence-electron chi connectivity index (χ2n) is 4.14. The van der Waals surface area contributed by atoms with E-state index in [-0.39, 0.29) is 45.4 Å². The zero-order valence-corrected chi connectivity index (χ0v) is 11.4. The largest absolute Gasteiger partial charge is 0.396 e. The molecule has 1 aliphatic rings. The van der Waals surface area contributed by atoms with Crippen LogP contribution >= 0.6 is 11.8 Å². The number of hydrogen-bond acceptors (Lipinski definition) is 6. The van der Waals surface area contributed by atoms with Crippen LogP contribution in [-0.4, -0.2) is 34.0 Å². The summed E-state index contributed by atoms with van der Waals surface area (Å²) in [7, 11) is 0. The number of aliphatic hydroxyl groups excluding tert-OH is 1. The number of carbonyl (C=O) groups excluding carboxylic acids is 2. The summed E-state index contributed by atoms with van der Waals surface area (Å²) in [5.74, 6) is -0.659. The first-order valence-corrected chi connectivity index (χ1v) is 6.79. The molecule has 1 aromatic rings. The predicted molar refractivity (Wildman–Crippen MR) is 74.0 cm³/mol. The third-order valence-corrected chi connectivity index (χ3v) is 4.10. The van der Waals surface area contributed by atoms with Gasteiger partial charge >= 0.3 is 0 Å². The van der Waals surface area contributed by atoms with Crippen LogP contribution in [0, 0.1) is 10.1 Å². The molecule has 7 heteroatoms. The van der Waals surface area contributed by atoms with Crippen LogP contribution in [0.1, 0.15) is 27.6 Å². The monoisotopic (exact) mass is 293 g/mol. The summed E-state index contributed by atoms with van der Waals surface area (Å²) < 4.78 is 0. The Bertz CT molecular complexity index is 650. The zero-order valence-electron chi connectivity index (χ0n) is 10.6. The summed E-state index contributed by atoms with van der Waals surface area (Å²) in [5, 5.41) is 19.8. The summed E-state index contributed by atoms with van der Waals surface area (Å²) in [6, 6.07) is 4.01. The number of aliphatic hydroxyl groups is 1. The molecule has 2 rings (SSSR count). The van der Waals surface area contributed by atoms with Gasteiger partial charge in [-0.3, -0.25) is 19.7 Å². The molecule has 0 saturated carbocycles. The lowest BCUT2D eigenvalue weighted by Crippen LogP contribution is -2.21. The lowest BCUT2D eigenvalue weighted by atomic mass is 9.89. The molecule has 0 radical (unpaired) electrons. The number of allylic oxidation sites excluding steroid dienone is 2. The highest BCUT2D eigenvalue weighted by Gasteiger charge is 2.35. The van der Waals surface area contributed by atoms with E-state index in [0.717, 1.165) is 11.8 Å². The summed E-state index contributed by atoms with van der Waals surface area (Å²) in [6.07, 6.45) is 0. The van der Waals surface area contributed by atoms with E-state index < -0.39 is 10.7 Å². The first-order chi connectivity index (χ1) is 9.49. The molecular weight excluding hydrogens is 282 g/mol. The van der Waals surface area contributed by atoms with Crippen molar-refractivity contribution in [2.24, 2.45) is 0 Å². The van der Waals surface area contributed by atoms with Crippen molar-refractivity contribution in [1.29, 1.82) is 0 Å². The maximum atomic E-state index is 12.4. The van der Waals surface area contributed by atoms with Gasteiger partial charge in [0.1, 0.15) is 5.56 Å². The Morgan fingerprint density at radius 3 is 2.60 bits per heavy atom. The number of benzene rings is 1. The zero-order chi connectivity index (χ0) is 14.9. The highest BCUT2D eigenvalue weighted by Crippen LogP contribution is 2.36. The SMILES string of the molecule is CC1=C(SCCO)C(=O)c2c(cccc2[N+](=O)[O-])C1=O. The Kier molecular flexibility index (Phi) is 4.01. The summed E-state index contributed by atoms with van der Waals surface area (Å²) >= 11 is 1.04. The van der Waals surface area contributed by atoms with Crippen molar-refractivity contribution >= 4 is 29.0 Å². The van der Waals surface area contributed by atoms with Gasteiger partial charge < -0.3 is 5.11 Å². The average Bonchev–Trinajstić information content (AvgIpc) is 2.44. The molecule has 0 aliphatic heterocycles. The molecule has 0 fully saturated rings. The Labute approximate surface area is 118 Å². The highest BCUT2D eigenvalue weighted by atomic mass is 32.2. The van der Waals surface area contributed by atoms with E-state index >= 15 is 0 Å². The Hall–Kier alpha value is -1.99. The van der Waals surface area contributed by atoms with Gasteiger partial charge in [-0.15, -0.1) is 11.8 Å². The maximum absolute atomic E-state index is 12.4. The fourth-order valence-corrected chi connectivity index (χ4v) is 2.87. The summed E-state index contributed by atoms with van der Waals surface area (Å²) in [5.41, 5.74) is -0.194. The number of nitro groups is 1. The fourth-order valence-electron chi connectivity index (χ4n) is 2.03. The van der Waals surface area contributed by atoms with Gasteiger partial charge in [0.05, 0.1) is 16.4 Å². The topological polar surface area (TPSA) is 97.5 Å². The molecule has 1 aromatic carbocycles. The second-order valence-corrected chi connectivity index (χ2v) is 5.25. The molecule has 0 amide bonds. The molecule has 0 bridgehead atoms. The van der Waals surface area contributed by atoms with Crippen LogP contribution in [0.3, 0.4) is 0 Å². The third kappa shape index (κ3) is 2.25. The lowest BCUT2D eigenvalue weighted by molar-refractivity contribution is -0.385. The number of nitro benzene ring substituents is 1. The number of nitrogens with zero attached hydrogens (tertiary/aromatic N) is 1. The molecule has 0 spiro atoms. The molecule has 0 unspecified atom stereocenters. The molecular formula is C13H11NO5S. The van der Waals surface area contributed by atoms with Crippen LogP contribution in [0.2, 0.25) is 0 Å². The number of ketones is 2. The van der Waals surface area contributed by atoms with Gasteiger partial charge in [-0.05, 0) is 13.0 Å². The summed E-state index contributed by atoms with van der Waals surface area (Å²) in [4.78, 5) is 35.1. The van der Waals surface area contributed by atoms with E-state index in [1.165, 1.54) is 25.1 Å². The standard InChI is InChI=1S/C13H11NO5S/c1-7-11(16)8-3-2-4-9(14(18)19)10(8)12(17)13(7)20-6-5-15/h2-4,15H,5-6H2,1H3. The molecule has 0 saturated heterocycles. The second kappa shape index (κ2) is 5.56. The van der Waals surface area contributed by atoms with Gasteiger partial charge in [-0.25, -0.2) is 0 Å². The van der Waals surface area contributed by atoms with Gasteiger partial charge in [0.15, 0.2) is 5.78 Å². The number of carbonyl (C=O) groups is 2. The number of hydrogen-bond donors (Lipinski definition) is 1.